The molecule has 5 heterocycles. The van der Waals surface area contributed by atoms with Gasteiger partial charge in [-0.2, -0.15) is 5.10 Å². The summed E-state index contributed by atoms with van der Waals surface area (Å²) in [4.78, 5) is 9.72. The van der Waals surface area contributed by atoms with Crippen molar-refractivity contribution >= 4 is 38.8 Å². The molecule has 0 aromatic carbocycles. The van der Waals surface area contributed by atoms with Crippen LogP contribution in [0.2, 0.25) is 0 Å². The number of rotatable bonds is 6. The Morgan fingerprint density at radius 2 is 2.15 bits per heavy atom. The number of hydrogen-bond donors (Lipinski definition) is 2. The van der Waals surface area contributed by atoms with Crippen LogP contribution in [0.5, 0.6) is 0 Å². The third-order valence-electron chi connectivity index (χ3n) is 5.83. The summed E-state index contributed by atoms with van der Waals surface area (Å²) in [6.45, 7) is 3.96. The van der Waals surface area contributed by atoms with E-state index in [1.165, 1.54) is 11.3 Å². The monoisotopic (exact) mass is 484 g/mol. The van der Waals surface area contributed by atoms with Crippen molar-refractivity contribution in [3.63, 3.8) is 0 Å². The Labute approximate surface area is 199 Å². The van der Waals surface area contributed by atoms with Crippen LogP contribution >= 0.6 is 11.3 Å². The number of imidazole rings is 1. The van der Waals surface area contributed by atoms with Crippen LogP contribution in [-0.4, -0.2) is 59.8 Å². The molecule has 0 saturated carbocycles. The summed E-state index contributed by atoms with van der Waals surface area (Å²) in [5.74, 6) is 1.05. The molecule has 9 nitrogen and oxygen atoms in total. The average molecular weight is 485 g/mol. The van der Waals surface area contributed by atoms with E-state index in [9.17, 15) is 4.21 Å². The van der Waals surface area contributed by atoms with Gasteiger partial charge in [-0.25, -0.2) is 18.5 Å². The minimum absolute atomic E-state index is 0.342. The highest BCUT2D eigenvalue weighted by molar-refractivity contribution is 7.85. The predicted octanol–water partition coefficient (Wildman–Crippen LogP) is 3.29. The summed E-state index contributed by atoms with van der Waals surface area (Å²) in [6, 6.07) is 2.03. The van der Waals surface area contributed by atoms with E-state index < -0.39 is 11.0 Å². The fraction of sp³-hybridized carbons (Fsp3) is 0.409. The highest BCUT2D eigenvalue weighted by Gasteiger charge is 2.22. The van der Waals surface area contributed by atoms with E-state index >= 15 is 0 Å². The van der Waals surface area contributed by atoms with Crippen LogP contribution in [0.25, 0.3) is 16.9 Å². The normalized spacial score (nSPS) is 17.7. The smallest absolute Gasteiger partial charge is 0.180 e. The van der Waals surface area contributed by atoms with Crippen molar-refractivity contribution in [2.75, 3.05) is 32.5 Å². The predicted molar refractivity (Wildman–Crippen MR) is 132 cm³/mol. The number of aromatic nitrogens is 5. The average Bonchev–Trinajstić information content (AvgIpc) is 3.52. The van der Waals surface area contributed by atoms with Crippen molar-refractivity contribution in [2.45, 2.75) is 29.9 Å². The molecule has 174 valence electrons. The lowest BCUT2D eigenvalue weighted by atomic mass is 9.96. The standard InChI is InChI=1S/C22H28N8OS2/c1-14-8-19(32-22(14)33(31)28(2)3)27-20-21-24-11-18(16-10-25-29(4)12-16)30(21)13-17(26-20)15-6-5-7-23-9-15/h8,10-13,15,23H,5-7,9H2,1-4H3,(H,26,27). The van der Waals surface area contributed by atoms with Crippen molar-refractivity contribution in [2.24, 2.45) is 7.05 Å². The molecule has 1 saturated heterocycles. The molecule has 1 fully saturated rings. The maximum atomic E-state index is 12.6. The first kappa shape index (κ1) is 22.2. The van der Waals surface area contributed by atoms with Gasteiger partial charge < -0.3 is 10.6 Å². The van der Waals surface area contributed by atoms with E-state index in [1.807, 2.05) is 52.7 Å². The molecule has 0 amide bonds. The Bertz CT molecular complexity index is 1320. The molecule has 0 bridgehead atoms. The van der Waals surface area contributed by atoms with E-state index in [-0.39, 0.29) is 0 Å². The van der Waals surface area contributed by atoms with E-state index in [4.69, 9.17) is 9.97 Å². The topological polar surface area (TPSA) is 92.4 Å². The second-order valence-electron chi connectivity index (χ2n) is 8.57. The molecule has 2 unspecified atom stereocenters. The number of thiophene rings is 1. The van der Waals surface area contributed by atoms with Crippen LogP contribution in [0.1, 0.15) is 30.0 Å². The van der Waals surface area contributed by atoms with Crippen molar-refractivity contribution in [1.29, 1.82) is 0 Å². The van der Waals surface area contributed by atoms with Gasteiger partial charge in [0, 0.05) is 37.5 Å². The molecule has 0 radical (unpaired) electrons. The van der Waals surface area contributed by atoms with Crippen LogP contribution < -0.4 is 10.6 Å². The van der Waals surface area contributed by atoms with Crippen LogP contribution in [0.4, 0.5) is 10.8 Å². The van der Waals surface area contributed by atoms with Crippen molar-refractivity contribution in [3.8, 4) is 11.3 Å². The Morgan fingerprint density at radius 1 is 1.30 bits per heavy atom. The Hall–Kier alpha value is -2.60. The van der Waals surface area contributed by atoms with Gasteiger partial charge in [-0.15, -0.1) is 11.3 Å². The lowest BCUT2D eigenvalue weighted by Crippen LogP contribution is -2.29. The Kier molecular flexibility index (Phi) is 6.04. The van der Waals surface area contributed by atoms with Gasteiger partial charge in [0.25, 0.3) is 0 Å². The van der Waals surface area contributed by atoms with E-state index in [1.54, 1.807) is 8.99 Å². The molecule has 2 atom stereocenters. The number of fused-ring (bicyclic) bond motifs is 1. The molecule has 4 aromatic heterocycles. The maximum absolute atomic E-state index is 12.6. The molecule has 2 N–H and O–H groups in total. The summed E-state index contributed by atoms with van der Waals surface area (Å²) in [5, 5.41) is 12.2. The summed E-state index contributed by atoms with van der Waals surface area (Å²) >= 11 is 1.49. The zero-order valence-electron chi connectivity index (χ0n) is 19.2. The Morgan fingerprint density at radius 3 is 2.85 bits per heavy atom. The van der Waals surface area contributed by atoms with Gasteiger partial charge >= 0.3 is 0 Å². The lowest BCUT2D eigenvalue weighted by molar-refractivity contribution is 0.454. The number of nitrogens with one attached hydrogen (secondary N) is 2. The first-order valence-corrected chi connectivity index (χ1v) is 12.9. The molecular weight excluding hydrogens is 456 g/mol. The molecule has 1 aliphatic rings. The second-order valence-corrected chi connectivity index (χ2v) is 11.5. The quantitative estimate of drug-likeness (QED) is 0.436. The number of hydrogen-bond acceptors (Lipinski definition) is 7. The van der Waals surface area contributed by atoms with Crippen molar-refractivity contribution in [1.82, 2.24) is 33.8 Å². The highest BCUT2D eigenvalue weighted by atomic mass is 32.2. The van der Waals surface area contributed by atoms with Crippen LogP contribution in [-0.2, 0) is 18.0 Å². The molecular formula is C22H28N8OS2. The van der Waals surface area contributed by atoms with Crippen LogP contribution in [0.15, 0.2) is 35.1 Å². The van der Waals surface area contributed by atoms with Gasteiger partial charge in [-0.3, -0.25) is 9.08 Å². The minimum atomic E-state index is -1.18. The third kappa shape index (κ3) is 4.33. The fourth-order valence-electron chi connectivity index (χ4n) is 4.14. The number of aryl methyl sites for hydroxylation is 2. The van der Waals surface area contributed by atoms with E-state index in [2.05, 4.69) is 26.3 Å². The zero-order chi connectivity index (χ0) is 23.1. The van der Waals surface area contributed by atoms with Gasteiger partial charge in [0.05, 0.1) is 28.8 Å². The summed E-state index contributed by atoms with van der Waals surface area (Å²) in [5.41, 5.74) is 4.77. The summed E-state index contributed by atoms with van der Waals surface area (Å²) < 4.78 is 19.1. The molecule has 0 spiro atoms. The maximum Gasteiger partial charge on any atom is 0.180 e. The largest absolute Gasteiger partial charge is 0.329 e. The van der Waals surface area contributed by atoms with E-state index in [0.29, 0.717) is 11.7 Å². The molecule has 33 heavy (non-hydrogen) atoms. The molecule has 4 aromatic rings. The summed E-state index contributed by atoms with van der Waals surface area (Å²) in [6.07, 6.45) is 10.1. The Balaban J connectivity index is 1.59. The second kappa shape index (κ2) is 8.98. The third-order valence-corrected chi connectivity index (χ3v) is 8.76. The van der Waals surface area contributed by atoms with E-state index in [0.717, 1.165) is 63.3 Å². The van der Waals surface area contributed by atoms with Gasteiger partial charge in [0.2, 0.25) is 0 Å². The molecule has 1 aliphatic heterocycles. The molecule has 11 heteroatoms. The summed E-state index contributed by atoms with van der Waals surface area (Å²) in [7, 11) is 4.37. The van der Waals surface area contributed by atoms with Gasteiger partial charge in [-0.05, 0) is 52.0 Å². The minimum Gasteiger partial charge on any atom is -0.329 e. The van der Waals surface area contributed by atoms with Crippen molar-refractivity contribution < 1.29 is 4.21 Å². The van der Waals surface area contributed by atoms with Crippen LogP contribution in [0.3, 0.4) is 0 Å². The van der Waals surface area contributed by atoms with Gasteiger partial charge in [-0.1, -0.05) is 0 Å². The van der Waals surface area contributed by atoms with Crippen molar-refractivity contribution in [3.05, 3.63) is 42.1 Å². The molecule has 5 rings (SSSR count). The van der Waals surface area contributed by atoms with Gasteiger partial charge in [0.15, 0.2) is 11.5 Å². The highest BCUT2D eigenvalue weighted by Crippen LogP contribution is 2.34. The lowest BCUT2D eigenvalue weighted by Gasteiger charge is -2.23. The SMILES string of the molecule is Cc1cc(Nc2nc(C3CCCNC3)cn3c(-c4cnn(C)c4)cnc23)sc1S(=O)N(C)C. The van der Waals surface area contributed by atoms with Gasteiger partial charge in [0.1, 0.15) is 15.2 Å². The first-order chi connectivity index (χ1) is 15.9. The number of nitrogens with zero attached hydrogens (tertiary/aromatic N) is 6. The molecule has 0 aliphatic carbocycles. The number of anilines is 2. The fourth-order valence-corrected chi connectivity index (χ4v) is 6.61. The first-order valence-electron chi connectivity index (χ1n) is 10.9. The van der Waals surface area contributed by atoms with Crippen LogP contribution in [0, 0.1) is 6.92 Å². The zero-order valence-corrected chi connectivity index (χ0v) is 20.8. The number of piperidine rings is 1.